The van der Waals surface area contributed by atoms with Crippen molar-refractivity contribution in [3.8, 4) is 39.5 Å². The Kier molecular flexibility index (Phi) is 7.18. The zero-order valence-corrected chi connectivity index (χ0v) is 29.0. The van der Waals surface area contributed by atoms with E-state index in [1.807, 2.05) is 19.4 Å². The normalized spacial score (nSPS) is 13.6. The first-order valence-corrected chi connectivity index (χ1v) is 17.0. The molecule has 0 amide bonds. The minimum absolute atomic E-state index is 0.205. The van der Waals surface area contributed by atoms with Gasteiger partial charge in [-0.2, -0.15) is 5.10 Å². The number of nitrogens with zero attached hydrogens (tertiary/aromatic N) is 5. The molecule has 3 heterocycles. The lowest BCUT2D eigenvalue weighted by atomic mass is 9.73. The van der Waals surface area contributed by atoms with Crippen LogP contribution in [0.1, 0.15) is 51.4 Å². The molecule has 1 aliphatic heterocycles. The Morgan fingerprint density at radius 2 is 1.27 bits per heavy atom. The second kappa shape index (κ2) is 11.5. The molecule has 0 atom stereocenters. The number of fused-ring (bicyclic) bond motifs is 2. The summed E-state index contributed by atoms with van der Waals surface area (Å²) in [6.07, 6.45) is 3.85. The largest absolute Gasteiger partial charge is 0.334 e. The predicted molar refractivity (Wildman–Crippen MR) is 202 cm³/mol. The summed E-state index contributed by atoms with van der Waals surface area (Å²) in [5.41, 5.74) is 13.3. The number of aryl methyl sites for hydroxylation is 1. The molecule has 1 aliphatic rings. The summed E-state index contributed by atoms with van der Waals surface area (Å²) in [4.78, 5) is 7.08. The third-order valence-electron chi connectivity index (χ3n) is 9.85. The Bertz CT molecular complexity index is 2300. The molecule has 7 aromatic rings. The Labute approximate surface area is 289 Å². The maximum absolute atomic E-state index is 5.47. The van der Waals surface area contributed by atoms with Gasteiger partial charge in [0, 0.05) is 52.6 Å². The van der Waals surface area contributed by atoms with Crippen LogP contribution in [0, 0.1) is 0 Å². The van der Waals surface area contributed by atoms with Crippen molar-refractivity contribution in [3.63, 3.8) is 0 Å². The fourth-order valence-corrected chi connectivity index (χ4v) is 7.52. The van der Waals surface area contributed by atoms with Gasteiger partial charge in [-0.1, -0.05) is 132 Å². The number of anilines is 3. The van der Waals surface area contributed by atoms with E-state index in [-0.39, 0.29) is 10.8 Å². The number of hydrogen-bond acceptors (Lipinski definition) is 3. The summed E-state index contributed by atoms with van der Waals surface area (Å²) in [6, 6.07) is 45.7. The zero-order valence-electron chi connectivity index (χ0n) is 29.0. The first kappa shape index (κ1) is 30.6. The van der Waals surface area contributed by atoms with Crippen LogP contribution < -0.4 is 4.90 Å². The van der Waals surface area contributed by atoms with Gasteiger partial charge in [0.05, 0.1) is 22.8 Å². The molecular formula is C44H41N5. The van der Waals surface area contributed by atoms with Crippen molar-refractivity contribution >= 4 is 17.1 Å². The third kappa shape index (κ3) is 5.08. The quantitative estimate of drug-likeness (QED) is 0.188. The summed E-state index contributed by atoms with van der Waals surface area (Å²) in [6.45, 7) is 11.5. The molecule has 0 bridgehead atoms. The van der Waals surface area contributed by atoms with Gasteiger partial charge in [0.2, 0.25) is 0 Å². The Hall–Kier alpha value is -5.68. The molecule has 0 spiro atoms. The summed E-state index contributed by atoms with van der Waals surface area (Å²) in [5.74, 6) is 0.940. The van der Waals surface area contributed by atoms with Crippen LogP contribution >= 0.6 is 0 Å². The van der Waals surface area contributed by atoms with Crippen LogP contribution in [0.2, 0.25) is 0 Å². The topological polar surface area (TPSA) is 38.9 Å². The molecule has 0 saturated carbocycles. The molecule has 0 saturated heterocycles. The summed E-state index contributed by atoms with van der Waals surface area (Å²) >= 11 is 0. The van der Waals surface area contributed by atoms with Gasteiger partial charge < -0.3 is 9.47 Å². The molecule has 5 aromatic carbocycles. The van der Waals surface area contributed by atoms with E-state index >= 15 is 0 Å². The van der Waals surface area contributed by atoms with E-state index in [1.54, 1.807) is 0 Å². The molecular weight excluding hydrogens is 599 g/mol. The number of aromatic nitrogens is 4. The minimum Gasteiger partial charge on any atom is -0.334 e. The van der Waals surface area contributed by atoms with E-state index in [4.69, 9.17) is 5.10 Å². The van der Waals surface area contributed by atoms with E-state index in [9.17, 15) is 0 Å². The summed E-state index contributed by atoms with van der Waals surface area (Å²) in [5, 5.41) is 5.47. The van der Waals surface area contributed by atoms with Crippen molar-refractivity contribution in [1.29, 1.82) is 0 Å². The fourth-order valence-electron chi connectivity index (χ4n) is 7.52. The Morgan fingerprint density at radius 1 is 0.612 bits per heavy atom. The van der Waals surface area contributed by atoms with Crippen molar-refractivity contribution in [2.45, 2.75) is 45.4 Å². The first-order valence-electron chi connectivity index (χ1n) is 17.0. The summed E-state index contributed by atoms with van der Waals surface area (Å²) in [7, 11) is 2.04. The highest BCUT2D eigenvalue weighted by Crippen LogP contribution is 2.53. The van der Waals surface area contributed by atoms with Crippen molar-refractivity contribution < 1.29 is 0 Å². The molecule has 0 N–H and O–H groups in total. The second-order valence-electron chi connectivity index (χ2n) is 14.6. The highest BCUT2D eigenvalue weighted by molar-refractivity contribution is 5.88. The van der Waals surface area contributed by atoms with Crippen LogP contribution in [0.15, 0.2) is 140 Å². The van der Waals surface area contributed by atoms with Crippen molar-refractivity contribution in [2.75, 3.05) is 4.90 Å². The number of para-hydroxylation sites is 1. The van der Waals surface area contributed by atoms with Crippen molar-refractivity contribution in [2.24, 2.45) is 7.05 Å². The van der Waals surface area contributed by atoms with Crippen LogP contribution in [-0.2, 0) is 17.9 Å². The predicted octanol–water partition coefficient (Wildman–Crippen LogP) is 11.0. The Balaban J connectivity index is 1.39. The maximum Gasteiger partial charge on any atom is 0.139 e. The fraction of sp³-hybridized carbons (Fsp3) is 0.182. The monoisotopic (exact) mass is 639 g/mol. The van der Waals surface area contributed by atoms with Crippen molar-refractivity contribution in [3.05, 3.63) is 157 Å². The second-order valence-corrected chi connectivity index (χ2v) is 14.6. The van der Waals surface area contributed by atoms with E-state index in [0.29, 0.717) is 0 Å². The van der Waals surface area contributed by atoms with Gasteiger partial charge in [-0.05, 0) is 47.0 Å². The van der Waals surface area contributed by atoms with Gasteiger partial charge in [-0.25, -0.2) is 9.67 Å². The molecule has 0 radical (unpaired) electrons. The first-order chi connectivity index (χ1) is 23.6. The van der Waals surface area contributed by atoms with Crippen LogP contribution in [0.3, 0.4) is 0 Å². The molecule has 49 heavy (non-hydrogen) atoms. The van der Waals surface area contributed by atoms with Gasteiger partial charge in [0.1, 0.15) is 11.5 Å². The number of benzene rings is 5. The van der Waals surface area contributed by atoms with Gasteiger partial charge in [0.25, 0.3) is 0 Å². The van der Waals surface area contributed by atoms with E-state index < -0.39 is 0 Å². The standard InChI is InChI=1S/C44H41N5/c1-43(2,3)41-39(30-16-9-7-10-17-30)40(31-18-11-8-12-19-31)46-49(41)34-24-25-36-38(29-34)48(37-23-14-13-22-35(37)44(36,4)5)33-21-15-20-32(28-33)42-45-26-27-47(42)6/h7-29H,1-6H3. The number of hydrogen-bond donors (Lipinski definition) is 0. The molecule has 0 fully saturated rings. The van der Waals surface area contributed by atoms with Crippen LogP contribution in [0.25, 0.3) is 39.5 Å². The van der Waals surface area contributed by atoms with Crippen LogP contribution in [0.5, 0.6) is 0 Å². The maximum atomic E-state index is 5.47. The molecule has 8 rings (SSSR count). The Morgan fingerprint density at radius 3 is 1.96 bits per heavy atom. The smallest absolute Gasteiger partial charge is 0.139 e. The number of imidazole rings is 1. The van der Waals surface area contributed by atoms with Gasteiger partial charge in [0.15, 0.2) is 0 Å². The van der Waals surface area contributed by atoms with Gasteiger partial charge in [-0.3, -0.25) is 0 Å². The molecule has 5 heteroatoms. The number of rotatable bonds is 5. The molecule has 242 valence electrons. The SMILES string of the molecule is Cn1ccnc1-c1cccc(N2c3ccccc3C(C)(C)c3ccc(-n4nc(-c5ccccc5)c(-c5ccccc5)c4C(C)(C)C)cc32)c1. The van der Waals surface area contributed by atoms with Crippen LogP contribution in [-0.4, -0.2) is 19.3 Å². The minimum atomic E-state index is -0.209. The van der Waals surface area contributed by atoms with Gasteiger partial charge >= 0.3 is 0 Å². The summed E-state index contributed by atoms with van der Waals surface area (Å²) < 4.78 is 4.26. The lowest BCUT2D eigenvalue weighted by Gasteiger charge is -2.42. The van der Waals surface area contributed by atoms with Crippen LogP contribution in [0.4, 0.5) is 17.1 Å². The average Bonchev–Trinajstić information content (AvgIpc) is 3.74. The van der Waals surface area contributed by atoms with Gasteiger partial charge in [-0.15, -0.1) is 0 Å². The lowest BCUT2D eigenvalue weighted by Crippen LogP contribution is -2.31. The lowest BCUT2D eigenvalue weighted by molar-refractivity contribution is 0.545. The average molecular weight is 640 g/mol. The molecule has 0 aliphatic carbocycles. The van der Waals surface area contributed by atoms with Crippen molar-refractivity contribution in [1.82, 2.24) is 19.3 Å². The van der Waals surface area contributed by atoms with E-state index in [2.05, 4.69) is 181 Å². The molecule has 5 nitrogen and oxygen atoms in total. The highest BCUT2D eigenvalue weighted by Gasteiger charge is 2.38. The highest BCUT2D eigenvalue weighted by atomic mass is 15.3. The third-order valence-corrected chi connectivity index (χ3v) is 9.85. The van der Waals surface area contributed by atoms with E-state index in [1.165, 1.54) is 33.6 Å². The molecule has 0 unspecified atom stereocenters. The molecule has 2 aromatic heterocycles. The van der Waals surface area contributed by atoms with E-state index in [0.717, 1.165) is 39.7 Å². The zero-order chi connectivity index (χ0) is 33.9.